The maximum atomic E-state index is 13.7. The lowest BCUT2D eigenvalue weighted by Crippen LogP contribution is -2.25. The Morgan fingerprint density at radius 2 is 1.65 bits per heavy atom. The van der Waals surface area contributed by atoms with Crippen LogP contribution in [0.1, 0.15) is 90.2 Å². The third-order valence-electron chi connectivity index (χ3n) is 7.87. The van der Waals surface area contributed by atoms with Gasteiger partial charge < -0.3 is 14.8 Å². The zero-order valence-corrected chi connectivity index (χ0v) is 26.1. The topological polar surface area (TPSA) is 48.3 Å². The molecule has 234 valence electrons. The van der Waals surface area contributed by atoms with Crippen LogP contribution in [0.15, 0.2) is 54.7 Å². The first kappa shape index (κ1) is 32.6. The van der Waals surface area contributed by atoms with Crippen molar-refractivity contribution in [2.75, 3.05) is 25.1 Å². The van der Waals surface area contributed by atoms with Crippen molar-refractivity contribution >= 4 is 17.6 Å². The van der Waals surface area contributed by atoms with Gasteiger partial charge in [0.1, 0.15) is 17.2 Å². The van der Waals surface area contributed by atoms with E-state index >= 15 is 0 Å². The number of hydrogen-bond donors (Lipinski definition) is 1. The van der Waals surface area contributed by atoms with Crippen molar-refractivity contribution in [1.29, 1.82) is 0 Å². The number of fused-ring (bicyclic) bond motifs is 1. The van der Waals surface area contributed by atoms with E-state index in [0.717, 1.165) is 85.6 Å². The molecule has 2 aromatic carbocycles. The first-order chi connectivity index (χ1) is 20.6. The van der Waals surface area contributed by atoms with Gasteiger partial charge in [-0.1, -0.05) is 77.4 Å². The van der Waals surface area contributed by atoms with Crippen LogP contribution in [0.3, 0.4) is 0 Å². The fourth-order valence-electron chi connectivity index (χ4n) is 5.62. The first-order valence-corrected chi connectivity index (χ1v) is 15.7. The predicted molar refractivity (Wildman–Crippen MR) is 169 cm³/mol. The lowest BCUT2D eigenvalue weighted by Gasteiger charge is -2.25. The van der Waals surface area contributed by atoms with E-state index in [9.17, 15) is 13.2 Å². The molecule has 1 aliphatic carbocycles. The van der Waals surface area contributed by atoms with Crippen LogP contribution in [0.25, 0.3) is 22.9 Å². The number of nitrogens with one attached hydrogen (secondary N) is 1. The fourth-order valence-corrected chi connectivity index (χ4v) is 5.62. The third kappa shape index (κ3) is 8.43. The molecule has 1 saturated carbocycles. The van der Waals surface area contributed by atoms with Crippen LogP contribution in [0.2, 0.25) is 0 Å². The van der Waals surface area contributed by atoms with Crippen molar-refractivity contribution in [3.63, 3.8) is 0 Å². The number of halogens is 3. The van der Waals surface area contributed by atoms with E-state index in [1.807, 2.05) is 24.4 Å². The molecule has 1 unspecified atom stereocenters. The first-order valence-electron chi connectivity index (χ1n) is 15.7. The summed E-state index contributed by atoms with van der Waals surface area (Å²) < 4.78 is 54.3. The second-order valence-corrected chi connectivity index (χ2v) is 11.9. The minimum absolute atomic E-state index is 0.0366. The average Bonchev–Trinajstić information content (AvgIpc) is 3.58. The predicted octanol–water partition coefficient (Wildman–Crippen LogP) is 9.81. The molecule has 0 amide bonds. The summed E-state index contributed by atoms with van der Waals surface area (Å²) in [6.07, 6.45) is 6.12. The summed E-state index contributed by atoms with van der Waals surface area (Å²) in [6.45, 7) is 12.1. The molecule has 5 rings (SSSR count). The molecule has 0 saturated heterocycles. The zero-order valence-electron chi connectivity index (χ0n) is 26.1. The Hall–Kier alpha value is -3.26. The Labute approximate surface area is 254 Å². The van der Waals surface area contributed by atoms with E-state index in [4.69, 9.17) is 9.47 Å². The molecule has 1 aliphatic heterocycles. The lowest BCUT2D eigenvalue weighted by molar-refractivity contribution is -0.159. The van der Waals surface area contributed by atoms with Gasteiger partial charge in [-0.05, 0) is 72.4 Å². The van der Waals surface area contributed by atoms with Gasteiger partial charge in [-0.25, -0.2) is 4.68 Å². The average molecular weight is 598 g/mol. The SMILES string of the molecule is CCCC1(Oc2ccc(C3=Cn4ncc(-c5cccc(C(C(C)C)C(F)(F)F)c5)c4NC3)cc2)CC1.CCCOCCC. The normalized spacial score (nSPS) is 16.0. The molecule has 8 heteroatoms. The molecule has 1 N–H and O–H groups in total. The van der Waals surface area contributed by atoms with Gasteiger partial charge in [0.25, 0.3) is 0 Å². The van der Waals surface area contributed by atoms with Gasteiger partial charge >= 0.3 is 6.18 Å². The van der Waals surface area contributed by atoms with Crippen LogP contribution < -0.4 is 10.1 Å². The van der Waals surface area contributed by atoms with E-state index in [1.165, 1.54) is 0 Å². The van der Waals surface area contributed by atoms with E-state index in [1.54, 1.807) is 42.9 Å². The van der Waals surface area contributed by atoms with Crippen LogP contribution in [0, 0.1) is 5.92 Å². The Balaban J connectivity index is 0.000000541. The maximum absolute atomic E-state index is 13.7. The van der Waals surface area contributed by atoms with E-state index < -0.39 is 18.0 Å². The van der Waals surface area contributed by atoms with Crippen molar-refractivity contribution in [3.05, 3.63) is 65.9 Å². The summed E-state index contributed by atoms with van der Waals surface area (Å²) in [5.41, 5.74) is 3.96. The van der Waals surface area contributed by atoms with Gasteiger partial charge in [0.2, 0.25) is 0 Å². The molecular weight excluding hydrogens is 551 g/mol. The minimum Gasteiger partial charge on any atom is -0.487 e. The summed E-state index contributed by atoms with van der Waals surface area (Å²) in [4.78, 5) is 0. The molecular formula is C35H46F3N3O2. The molecule has 2 aliphatic rings. The van der Waals surface area contributed by atoms with Crippen molar-refractivity contribution < 1.29 is 22.6 Å². The van der Waals surface area contributed by atoms with Gasteiger partial charge in [-0.3, -0.25) is 0 Å². The largest absolute Gasteiger partial charge is 0.487 e. The highest BCUT2D eigenvalue weighted by molar-refractivity contribution is 5.86. The van der Waals surface area contributed by atoms with Gasteiger partial charge in [-0.2, -0.15) is 18.3 Å². The number of aromatic nitrogens is 2. The van der Waals surface area contributed by atoms with Crippen LogP contribution in [0.5, 0.6) is 5.75 Å². The van der Waals surface area contributed by atoms with E-state index in [0.29, 0.717) is 6.54 Å². The van der Waals surface area contributed by atoms with Crippen molar-refractivity contribution in [3.8, 4) is 16.9 Å². The summed E-state index contributed by atoms with van der Waals surface area (Å²) in [5.74, 6) is -0.385. The van der Waals surface area contributed by atoms with Gasteiger partial charge in [0.05, 0.1) is 12.1 Å². The number of hydrogen-bond acceptors (Lipinski definition) is 4. The molecule has 5 nitrogen and oxygen atoms in total. The molecule has 43 heavy (non-hydrogen) atoms. The molecule has 0 spiro atoms. The number of anilines is 1. The van der Waals surface area contributed by atoms with Gasteiger partial charge in [-0.15, -0.1) is 0 Å². The van der Waals surface area contributed by atoms with Crippen molar-refractivity contribution in [1.82, 2.24) is 9.78 Å². The highest BCUT2D eigenvalue weighted by atomic mass is 19.4. The van der Waals surface area contributed by atoms with Crippen LogP contribution in [0.4, 0.5) is 19.0 Å². The van der Waals surface area contributed by atoms with Crippen molar-refractivity contribution in [2.45, 2.75) is 90.8 Å². The number of nitrogens with zero attached hydrogens (tertiary/aromatic N) is 2. The van der Waals surface area contributed by atoms with Crippen LogP contribution >= 0.6 is 0 Å². The van der Waals surface area contributed by atoms with E-state index in [2.05, 4.69) is 43.3 Å². The molecule has 1 atom stereocenters. The van der Waals surface area contributed by atoms with Crippen LogP contribution in [-0.4, -0.2) is 41.3 Å². The fraction of sp³-hybridized carbons (Fsp3) is 0.514. The second-order valence-electron chi connectivity index (χ2n) is 11.9. The van der Waals surface area contributed by atoms with Crippen LogP contribution in [-0.2, 0) is 4.74 Å². The highest BCUT2D eigenvalue weighted by Gasteiger charge is 2.44. The minimum atomic E-state index is -4.29. The molecule has 3 aromatic rings. The highest BCUT2D eigenvalue weighted by Crippen LogP contribution is 2.44. The van der Waals surface area contributed by atoms with Gasteiger partial charge in [0, 0.05) is 31.5 Å². The zero-order chi connectivity index (χ0) is 31.0. The standard InChI is InChI=1S/C29H32F3N3O.C6H14O/c1-4-12-28(13-14-28)36-24-10-8-20(9-11-24)23-16-33-27-25(17-34-35(27)18-23)21-6-5-7-22(15-21)26(19(2)3)29(30,31)32;1-3-5-7-6-4-2/h5-11,15,17-19,26,33H,4,12-14,16H2,1-3H3;3-6H2,1-2H3. The number of benzene rings is 2. The summed E-state index contributed by atoms with van der Waals surface area (Å²) >= 11 is 0. The van der Waals surface area contributed by atoms with Gasteiger partial charge in [0.15, 0.2) is 0 Å². The molecule has 0 radical (unpaired) electrons. The molecule has 1 aromatic heterocycles. The number of ether oxygens (including phenoxy) is 2. The number of alkyl halides is 3. The molecule has 1 fully saturated rings. The maximum Gasteiger partial charge on any atom is 0.395 e. The Morgan fingerprint density at radius 3 is 2.23 bits per heavy atom. The molecule has 0 bridgehead atoms. The lowest BCUT2D eigenvalue weighted by atomic mass is 9.86. The smallest absolute Gasteiger partial charge is 0.395 e. The third-order valence-corrected chi connectivity index (χ3v) is 7.87. The Morgan fingerprint density at radius 1 is 0.953 bits per heavy atom. The summed E-state index contributed by atoms with van der Waals surface area (Å²) in [6, 6.07) is 14.9. The second kappa shape index (κ2) is 14.5. The Kier molecular flexibility index (Phi) is 11.0. The summed E-state index contributed by atoms with van der Waals surface area (Å²) in [7, 11) is 0. The summed E-state index contributed by atoms with van der Waals surface area (Å²) in [5, 5.41) is 7.91. The monoisotopic (exact) mass is 597 g/mol. The number of rotatable bonds is 12. The Bertz CT molecular complexity index is 1340. The quantitative estimate of drug-likeness (QED) is 0.211. The van der Waals surface area contributed by atoms with E-state index in [-0.39, 0.29) is 11.2 Å². The molecule has 2 heterocycles. The van der Waals surface area contributed by atoms with Crippen molar-refractivity contribution in [2.24, 2.45) is 5.92 Å².